The molecule has 156 valence electrons. The van der Waals surface area contributed by atoms with Gasteiger partial charge in [0.2, 0.25) is 5.91 Å². The number of carbonyl (C=O) groups excluding carboxylic acids is 2. The summed E-state index contributed by atoms with van der Waals surface area (Å²) >= 11 is 0. The summed E-state index contributed by atoms with van der Waals surface area (Å²) in [6.45, 7) is 3.72. The Kier molecular flexibility index (Phi) is 7.29. The maximum atomic E-state index is 12.9. The van der Waals surface area contributed by atoms with E-state index >= 15 is 0 Å². The van der Waals surface area contributed by atoms with Crippen molar-refractivity contribution in [3.8, 4) is 0 Å². The molecule has 0 bridgehead atoms. The lowest BCUT2D eigenvalue weighted by atomic mass is 10.0. The number of aromatic nitrogens is 2. The van der Waals surface area contributed by atoms with E-state index in [1.54, 1.807) is 38.1 Å². The Morgan fingerprint density at radius 2 is 1.93 bits per heavy atom. The summed E-state index contributed by atoms with van der Waals surface area (Å²) in [5.74, 6) is -2.08. The number of aliphatic carboxylic acids is 1. The van der Waals surface area contributed by atoms with Crippen LogP contribution in [0.2, 0.25) is 0 Å². The number of carboxylic acid groups (broad SMARTS) is 1. The summed E-state index contributed by atoms with van der Waals surface area (Å²) in [5.41, 5.74) is 5.11. The van der Waals surface area contributed by atoms with Crippen LogP contribution < -0.4 is 21.9 Å². The molecule has 3 amide bonds. The minimum Gasteiger partial charge on any atom is -0.480 e. The average molecular weight is 403 g/mol. The third-order valence-electron chi connectivity index (χ3n) is 4.47. The monoisotopic (exact) mass is 403 g/mol. The fourth-order valence-electron chi connectivity index (χ4n) is 3.06. The smallest absolute Gasteiger partial charge is 0.326 e. The van der Waals surface area contributed by atoms with Gasteiger partial charge in [0.1, 0.15) is 12.1 Å². The Morgan fingerprint density at radius 3 is 2.55 bits per heavy atom. The van der Waals surface area contributed by atoms with Crippen molar-refractivity contribution >= 4 is 28.8 Å². The number of benzene rings is 1. The molecule has 2 unspecified atom stereocenters. The first-order valence-electron chi connectivity index (χ1n) is 9.24. The Bertz CT molecular complexity index is 955. The van der Waals surface area contributed by atoms with Crippen molar-refractivity contribution < 1.29 is 19.5 Å². The molecule has 10 nitrogen and oxygen atoms in total. The summed E-state index contributed by atoms with van der Waals surface area (Å²) in [5, 5.41) is 14.6. The molecule has 1 aromatic heterocycles. The topological polar surface area (TPSA) is 156 Å². The number of nitrogens with two attached hydrogens (primary N) is 1. The third kappa shape index (κ3) is 5.53. The van der Waals surface area contributed by atoms with E-state index in [4.69, 9.17) is 5.73 Å². The number of nitrogens with zero attached hydrogens (tertiary/aromatic N) is 2. The Hall–Kier alpha value is -3.43. The fourth-order valence-corrected chi connectivity index (χ4v) is 3.06. The third-order valence-corrected chi connectivity index (χ3v) is 4.47. The molecule has 5 N–H and O–H groups in total. The predicted octanol–water partition coefficient (Wildman–Crippen LogP) is 0.612. The molecule has 0 spiro atoms. The average Bonchev–Trinajstić information content (AvgIpc) is 2.65. The summed E-state index contributed by atoms with van der Waals surface area (Å²) in [7, 11) is 0. The van der Waals surface area contributed by atoms with Gasteiger partial charge in [-0.05, 0) is 30.9 Å². The zero-order valence-corrected chi connectivity index (χ0v) is 16.3. The molecule has 29 heavy (non-hydrogen) atoms. The number of primary amides is 1. The van der Waals surface area contributed by atoms with Gasteiger partial charge in [-0.25, -0.2) is 14.6 Å². The van der Waals surface area contributed by atoms with Crippen LogP contribution in [-0.2, 0) is 9.59 Å². The zero-order chi connectivity index (χ0) is 21.6. The second-order valence-electron chi connectivity index (χ2n) is 7.00. The molecule has 0 aliphatic rings. The molecule has 0 fully saturated rings. The van der Waals surface area contributed by atoms with Crippen molar-refractivity contribution in [3.63, 3.8) is 0 Å². The van der Waals surface area contributed by atoms with Crippen molar-refractivity contribution in [1.82, 2.24) is 20.2 Å². The highest BCUT2D eigenvalue weighted by molar-refractivity contribution is 5.86. The molecule has 0 saturated heterocycles. The molecule has 0 aliphatic carbocycles. The van der Waals surface area contributed by atoms with Crippen molar-refractivity contribution in [2.45, 2.75) is 38.8 Å². The highest BCUT2D eigenvalue weighted by Gasteiger charge is 2.29. The van der Waals surface area contributed by atoms with Gasteiger partial charge in [0.05, 0.1) is 17.2 Å². The number of nitrogens with one attached hydrogen (secondary N) is 2. The van der Waals surface area contributed by atoms with Crippen molar-refractivity contribution in [2.75, 3.05) is 6.54 Å². The molecule has 1 aromatic carbocycles. The van der Waals surface area contributed by atoms with Crippen LogP contribution in [0.5, 0.6) is 0 Å². The van der Waals surface area contributed by atoms with Crippen molar-refractivity contribution in [1.29, 1.82) is 0 Å². The largest absolute Gasteiger partial charge is 0.480 e. The number of carbonyl (C=O) groups is 3. The van der Waals surface area contributed by atoms with Gasteiger partial charge in [-0.3, -0.25) is 14.2 Å². The van der Waals surface area contributed by atoms with Crippen LogP contribution in [0.15, 0.2) is 35.4 Å². The van der Waals surface area contributed by atoms with Crippen LogP contribution in [0.3, 0.4) is 0 Å². The maximum Gasteiger partial charge on any atom is 0.326 e. The van der Waals surface area contributed by atoms with Gasteiger partial charge in [-0.1, -0.05) is 26.0 Å². The number of fused-ring (bicyclic) bond motifs is 1. The second-order valence-corrected chi connectivity index (χ2v) is 7.00. The maximum absolute atomic E-state index is 12.9. The zero-order valence-electron chi connectivity index (χ0n) is 16.3. The van der Waals surface area contributed by atoms with Gasteiger partial charge in [0.15, 0.2) is 0 Å². The quantitative estimate of drug-likeness (QED) is 0.449. The number of urea groups is 1. The first-order chi connectivity index (χ1) is 13.7. The molecule has 0 saturated carbocycles. The van der Waals surface area contributed by atoms with E-state index in [2.05, 4.69) is 15.6 Å². The number of para-hydroxylation sites is 1. The van der Waals surface area contributed by atoms with Gasteiger partial charge in [0.25, 0.3) is 5.56 Å². The molecule has 0 radical (unpaired) electrons. The van der Waals surface area contributed by atoms with E-state index < -0.39 is 30.0 Å². The van der Waals surface area contributed by atoms with E-state index in [1.165, 1.54) is 10.9 Å². The molecule has 2 atom stereocenters. The predicted molar refractivity (Wildman–Crippen MR) is 106 cm³/mol. The summed E-state index contributed by atoms with van der Waals surface area (Å²) in [6, 6.07) is 4.00. The van der Waals surface area contributed by atoms with Crippen LogP contribution in [0.25, 0.3) is 10.9 Å². The molecular weight excluding hydrogens is 378 g/mol. The number of rotatable bonds is 9. The molecule has 2 aromatic rings. The van der Waals surface area contributed by atoms with E-state index in [1.807, 2.05) is 0 Å². The molecule has 1 heterocycles. The number of hydrogen-bond acceptors (Lipinski definition) is 5. The van der Waals surface area contributed by atoms with E-state index in [0.29, 0.717) is 17.3 Å². The highest BCUT2D eigenvalue weighted by atomic mass is 16.4. The Labute approximate surface area is 167 Å². The number of carboxylic acids is 1. The first kappa shape index (κ1) is 21.9. The minimum atomic E-state index is -1.20. The standard InChI is InChI=1S/C19H25N5O5/c1-11(2)15(24-10-22-13-7-4-3-6-12(13)17(24)26)16(25)23-14(18(27)28)8-5-9-21-19(20)29/h3-4,6-7,10-11,14-15H,5,8-9H2,1-2H3,(H,23,25)(H,27,28)(H3,20,21,29). The summed E-state index contributed by atoms with van der Waals surface area (Å²) in [6.07, 6.45) is 1.71. The normalized spacial score (nSPS) is 13.1. The van der Waals surface area contributed by atoms with Crippen LogP contribution >= 0.6 is 0 Å². The van der Waals surface area contributed by atoms with E-state index in [-0.39, 0.29) is 24.4 Å². The number of amides is 3. The van der Waals surface area contributed by atoms with E-state index in [9.17, 15) is 24.3 Å². The number of hydrogen-bond donors (Lipinski definition) is 4. The van der Waals surface area contributed by atoms with Crippen LogP contribution in [0, 0.1) is 5.92 Å². The Morgan fingerprint density at radius 1 is 1.24 bits per heavy atom. The highest BCUT2D eigenvalue weighted by Crippen LogP contribution is 2.18. The van der Waals surface area contributed by atoms with E-state index in [0.717, 1.165) is 0 Å². The fraction of sp³-hybridized carbons (Fsp3) is 0.421. The van der Waals surface area contributed by atoms with Crippen LogP contribution in [0.1, 0.15) is 32.7 Å². The van der Waals surface area contributed by atoms with Gasteiger partial charge in [0, 0.05) is 6.54 Å². The first-order valence-corrected chi connectivity index (χ1v) is 9.24. The second kappa shape index (κ2) is 9.67. The van der Waals surface area contributed by atoms with Crippen molar-refractivity contribution in [2.24, 2.45) is 11.7 Å². The molecule has 10 heteroatoms. The summed E-state index contributed by atoms with van der Waals surface area (Å²) in [4.78, 5) is 52.2. The lowest BCUT2D eigenvalue weighted by Crippen LogP contribution is -2.47. The van der Waals surface area contributed by atoms with Gasteiger partial charge in [-0.15, -0.1) is 0 Å². The minimum absolute atomic E-state index is 0.0943. The van der Waals surface area contributed by atoms with Crippen LogP contribution in [0.4, 0.5) is 4.79 Å². The van der Waals surface area contributed by atoms with Gasteiger partial charge >= 0.3 is 12.0 Å². The lowest BCUT2D eigenvalue weighted by Gasteiger charge is -2.24. The van der Waals surface area contributed by atoms with Crippen molar-refractivity contribution in [3.05, 3.63) is 40.9 Å². The molecule has 0 aliphatic heterocycles. The molecule has 2 rings (SSSR count). The lowest BCUT2D eigenvalue weighted by molar-refractivity contribution is -0.142. The van der Waals surface area contributed by atoms with Crippen LogP contribution in [-0.4, -0.2) is 45.2 Å². The molecular formula is C19H25N5O5. The van der Waals surface area contributed by atoms with Gasteiger partial charge in [-0.2, -0.15) is 0 Å². The van der Waals surface area contributed by atoms with Gasteiger partial charge < -0.3 is 21.5 Å². The summed E-state index contributed by atoms with van der Waals surface area (Å²) < 4.78 is 1.23. The SMILES string of the molecule is CC(C)C(C(=O)NC(CCCNC(N)=O)C(=O)O)n1cnc2ccccc2c1=O. The Balaban J connectivity index is 2.22.